The zero-order valence-electron chi connectivity index (χ0n) is 12.4. The van der Waals surface area contributed by atoms with Crippen LogP contribution in [0.3, 0.4) is 0 Å². The normalized spacial score (nSPS) is 17.6. The number of rotatable bonds is 4. The molecule has 5 heteroatoms. The number of amides is 1. The van der Waals surface area contributed by atoms with E-state index in [1.165, 1.54) is 5.56 Å². The number of ether oxygens (including phenoxy) is 1. The van der Waals surface area contributed by atoms with Gasteiger partial charge in [0.1, 0.15) is 5.60 Å². The number of nitrogens with one attached hydrogen (secondary N) is 2. The van der Waals surface area contributed by atoms with E-state index in [1.807, 2.05) is 33.0 Å². The highest BCUT2D eigenvalue weighted by Crippen LogP contribution is 2.28. The zero-order valence-corrected chi connectivity index (χ0v) is 12.4. The van der Waals surface area contributed by atoms with Crippen molar-refractivity contribution in [3.63, 3.8) is 0 Å². The summed E-state index contributed by atoms with van der Waals surface area (Å²) in [7, 11) is 0. The fourth-order valence-electron chi connectivity index (χ4n) is 2.34. The van der Waals surface area contributed by atoms with Crippen LogP contribution in [0.2, 0.25) is 0 Å². The third kappa shape index (κ3) is 4.20. The Morgan fingerprint density at radius 1 is 1.45 bits per heavy atom. The molecule has 0 aliphatic heterocycles. The van der Waals surface area contributed by atoms with Gasteiger partial charge < -0.3 is 15.4 Å². The summed E-state index contributed by atoms with van der Waals surface area (Å²) in [6.07, 6.45) is 3.60. The number of hydrogen-bond donors (Lipinski definition) is 2. The standard InChI is InChI=1S/C15H23N3O2/c1-15(2,3)20-14(19)18-10-9-16-12-7-6-11-5-4-8-17-13(11)12/h4-5,8,12,16H,6-7,9-10H2,1-3H3,(H,18,19). The highest BCUT2D eigenvalue weighted by molar-refractivity contribution is 5.67. The molecule has 2 N–H and O–H groups in total. The van der Waals surface area contributed by atoms with E-state index < -0.39 is 5.60 Å². The van der Waals surface area contributed by atoms with Crippen molar-refractivity contribution < 1.29 is 9.53 Å². The van der Waals surface area contributed by atoms with Gasteiger partial charge in [-0.1, -0.05) is 6.07 Å². The Labute approximate surface area is 120 Å². The Bertz CT molecular complexity index is 468. The zero-order chi connectivity index (χ0) is 14.6. The largest absolute Gasteiger partial charge is 0.444 e. The summed E-state index contributed by atoms with van der Waals surface area (Å²) in [5, 5.41) is 6.17. The van der Waals surface area contributed by atoms with Gasteiger partial charge in [0.25, 0.3) is 0 Å². The number of aromatic nitrogens is 1. The summed E-state index contributed by atoms with van der Waals surface area (Å²) < 4.78 is 5.18. The van der Waals surface area contributed by atoms with E-state index in [0.29, 0.717) is 19.1 Å². The maximum atomic E-state index is 11.5. The minimum absolute atomic E-state index is 0.298. The first-order valence-corrected chi connectivity index (χ1v) is 7.10. The molecule has 1 atom stereocenters. The molecule has 1 heterocycles. The van der Waals surface area contributed by atoms with Crippen LogP contribution in [0, 0.1) is 0 Å². The van der Waals surface area contributed by atoms with Crippen LogP contribution < -0.4 is 10.6 Å². The summed E-state index contributed by atoms with van der Waals surface area (Å²) >= 11 is 0. The van der Waals surface area contributed by atoms with E-state index in [2.05, 4.69) is 21.7 Å². The minimum atomic E-state index is -0.453. The monoisotopic (exact) mass is 277 g/mol. The van der Waals surface area contributed by atoms with E-state index in [-0.39, 0.29) is 6.09 Å². The molecule has 20 heavy (non-hydrogen) atoms. The molecular formula is C15H23N3O2. The number of aryl methyl sites for hydroxylation is 1. The van der Waals surface area contributed by atoms with E-state index in [0.717, 1.165) is 18.5 Å². The third-order valence-electron chi connectivity index (χ3n) is 3.14. The summed E-state index contributed by atoms with van der Waals surface area (Å²) in [6.45, 7) is 6.82. The van der Waals surface area contributed by atoms with Crippen LogP contribution in [0.25, 0.3) is 0 Å². The van der Waals surface area contributed by atoms with Crippen LogP contribution in [0.4, 0.5) is 4.79 Å². The molecular weight excluding hydrogens is 254 g/mol. The van der Waals surface area contributed by atoms with Crippen molar-refractivity contribution in [3.05, 3.63) is 29.6 Å². The number of hydrogen-bond acceptors (Lipinski definition) is 4. The van der Waals surface area contributed by atoms with Crippen molar-refractivity contribution in [1.29, 1.82) is 0 Å². The molecule has 1 aliphatic carbocycles. The molecule has 0 bridgehead atoms. The van der Waals surface area contributed by atoms with Gasteiger partial charge in [-0.25, -0.2) is 4.79 Å². The van der Waals surface area contributed by atoms with Crippen LogP contribution >= 0.6 is 0 Å². The lowest BCUT2D eigenvalue weighted by Crippen LogP contribution is -2.37. The molecule has 0 fully saturated rings. The number of carbonyl (C=O) groups is 1. The molecule has 2 rings (SSSR count). The van der Waals surface area contributed by atoms with Crippen molar-refractivity contribution in [2.45, 2.75) is 45.3 Å². The van der Waals surface area contributed by atoms with Gasteiger partial charge in [0.2, 0.25) is 0 Å². The third-order valence-corrected chi connectivity index (χ3v) is 3.14. The van der Waals surface area contributed by atoms with E-state index in [9.17, 15) is 4.79 Å². The van der Waals surface area contributed by atoms with Gasteiger partial charge in [-0.2, -0.15) is 0 Å². The van der Waals surface area contributed by atoms with Gasteiger partial charge in [0, 0.05) is 19.3 Å². The quantitative estimate of drug-likeness (QED) is 0.828. The van der Waals surface area contributed by atoms with E-state index >= 15 is 0 Å². The molecule has 0 saturated heterocycles. The van der Waals surface area contributed by atoms with Crippen molar-refractivity contribution in [2.75, 3.05) is 13.1 Å². The summed E-state index contributed by atoms with van der Waals surface area (Å²) in [6, 6.07) is 4.40. The number of carbonyl (C=O) groups excluding carboxylic acids is 1. The second-order valence-corrected chi connectivity index (χ2v) is 6.02. The van der Waals surface area contributed by atoms with Gasteiger partial charge in [0.05, 0.1) is 11.7 Å². The summed E-state index contributed by atoms with van der Waals surface area (Å²) in [4.78, 5) is 15.9. The second-order valence-electron chi connectivity index (χ2n) is 6.02. The molecule has 0 aromatic carbocycles. The molecule has 1 aliphatic rings. The molecule has 1 aromatic rings. The Morgan fingerprint density at radius 2 is 2.25 bits per heavy atom. The number of alkyl carbamates (subject to hydrolysis) is 1. The SMILES string of the molecule is CC(C)(C)OC(=O)NCCNC1CCc2cccnc21. The minimum Gasteiger partial charge on any atom is -0.444 e. The first kappa shape index (κ1) is 14.8. The number of pyridine rings is 1. The van der Waals surface area contributed by atoms with Crippen LogP contribution in [-0.4, -0.2) is 29.8 Å². The molecule has 110 valence electrons. The number of fused-ring (bicyclic) bond motifs is 1. The van der Waals surface area contributed by atoms with Gasteiger partial charge in [0.15, 0.2) is 0 Å². The van der Waals surface area contributed by atoms with Gasteiger partial charge in [-0.15, -0.1) is 0 Å². The van der Waals surface area contributed by atoms with Gasteiger partial charge >= 0.3 is 6.09 Å². The van der Waals surface area contributed by atoms with Crippen LogP contribution in [0.5, 0.6) is 0 Å². The van der Waals surface area contributed by atoms with Crippen molar-refractivity contribution in [1.82, 2.24) is 15.6 Å². The maximum Gasteiger partial charge on any atom is 0.407 e. The van der Waals surface area contributed by atoms with Gasteiger partial charge in [-0.3, -0.25) is 4.98 Å². The fourth-order valence-corrected chi connectivity index (χ4v) is 2.34. The van der Waals surface area contributed by atoms with Crippen molar-refractivity contribution in [2.24, 2.45) is 0 Å². The Hall–Kier alpha value is -1.62. The maximum absolute atomic E-state index is 11.5. The number of nitrogens with zero attached hydrogens (tertiary/aromatic N) is 1. The van der Waals surface area contributed by atoms with Crippen molar-refractivity contribution >= 4 is 6.09 Å². The lowest BCUT2D eigenvalue weighted by molar-refractivity contribution is 0.0528. The van der Waals surface area contributed by atoms with Crippen LogP contribution in [0.1, 0.15) is 44.5 Å². The first-order chi connectivity index (χ1) is 9.46. The van der Waals surface area contributed by atoms with Crippen LogP contribution in [-0.2, 0) is 11.2 Å². The lowest BCUT2D eigenvalue weighted by Gasteiger charge is -2.20. The predicted octanol–water partition coefficient (Wildman–Crippen LogP) is 2.18. The molecule has 0 spiro atoms. The molecule has 5 nitrogen and oxygen atoms in total. The highest BCUT2D eigenvalue weighted by atomic mass is 16.6. The van der Waals surface area contributed by atoms with E-state index in [4.69, 9.17) is 4.74 Å². The van der Waals surface area contributed by atoms with Gasteiger partial charge in [-0.05, 0) is 45.2 Å². The molecule has 0 saturated carbocycles. The first-order valence-electron chi connectivity index (χ1n) is 7.10. The van der Waals surface area contributed by atoms with Crippen LogP contribution in [0.15, 0.2) is 18.3 Å². The molecule has 0 radical (unpaired) electrons. The highest BCUT2D eigenvalue weighted by Gasteiger charge is 2.22. The fraction of sp³-hybridized carbons (Fsp3) is 0.600. The Balaban J connectivity index is 1.69. The second kappa shape index (κ2) is 6.22. The Morgan fingerprint density at radius 3 is 3.00 bits per heavy atom. The average molecular weight is 277 g/mol. The molecule has 1 aromatic heterocycles. The van der Waals surface area contributed by atoms with E-state index in [1.54, 1.807) is 0 Å². The lowest BCUT2D eigenvalue weighted by atomic mass is 10.2. The molecule has 1 unspecified atom stereocenters. The summed E-state index contributed by atoms with van der Waals surface area (Å²) in [5.41, 5.74) is 2.01. The predicted molar refractivity (Wildman–Crippen MR) is 77.5 cm³/mol. The Kier molecular flexibility index (Phi) is 4.60. The molecule has 1 amide bonds. The average Bonchev–Trinajstić information content (AvgIpc) is 2.76. The van der Waals surface area contributed by atoms with Crippen molar-refractivity contribution in [3.8, 4) is 0 Å². The smallest absolute Gasteiger partial charge is 0.407 e. The topological polar surface area (TPSA) is 63.2 Å². The summed E-state index contributed by atoms with van der Waals surface area (Å²) in [5.74, 6) is 0.